The second-order valence-corrected chi connectivity index (χ2v) is 6.66. The van der Waals surface area contributed by atoms with Crippen LogP contribution < -0.4 is 0 Å². The monoisotopic (exact) mass is 462 g/mol. The summed E-state index contributed by atoms with van der Waals surface area (Å²) in [6, 6.07) is 1.40. The minimum absolute atomic E-state index is 0.0315. The number of aromatic hydroxyl groups is 2. The Bertz CT molecular complexity index is 464. The molecule has 0 atom stereocenters. The van der Waals surface area contributed by atoms with Crippen LogP contribution in [0.2, 0.25) is 0 Å². The Labute approximate surface area is 127 Å². The standard InChI is InChI=1S/C11H12I2O4/c1-11(2,3)17-10(16)5-4-6(12)9(15)7(13)8(5)14/h4,14-15H,1-3H3. The van der Waals surface area contributed by atoms with E-state index in [-0.39, 0.29) is 20.6 Å². The molecule has 2 N–H and O–H groups in total. The van der Waals surface area contributed by atoms with Gasteiger partial charge in [-0.25, -0.2) is 4.79 Å². The van der Waals surface area contributed by atoms with Crippen LogP contribution in [0.4, 0.5) is 0 Å². The van der Waals surface area contributed by atoms with Crippen molar-refractivity contribution < 1.29 is 19.7 Å². The molecule has 0 aliphatic carbocycles. The highest BCUT2D eigenvalue weighted by molar-refractivity contribution is 14.1. The van der Waals surface area contributed by atoms with Crippen molar-refractivity contribution in [1.29, 1.82) is 0 Å². The van der Waals surface area contributed by atoms with Gasteiger partial charge in [0.25, 0.3) is 0 Å². The Balaban J connectivity index is 3.20. The Morgan fingerprint density at radius 2 is 1.76 bits per heavy atom. The number of benzene rings is 1. The van der Waals surface area contributed by atoms with Crippen LogP contribution in [0.3, 0.4) is 0 Å². The van der Waals surface area contributed by atoms with Gasteiger partial charge in [-0.15, -0.1) is 0 Å². The zero-order chi connectivity index (χ0) is 13.4. The average molecular weight is 462 g/mol. The molecule has 0 fully saturated rings. The van der Waals surface area contributed by atoms with Gasteiger partial charge in [0.2, 0.25) is 0 Å². The summed E-state index contributed by atoms with van der Waals surface area (Å²) in [6.07, 6.45) is 0. The van der Waals surface area contributed by atoms with Crippen LogP contribution >= 0.6 is 45.2 Å². The maximum Gasteiger partial charge on any atom is 0.342 e. The van der Waals surface area contributed by atoms with Crippen molar-refractivity contribution >= 4 is 51.2 Å². The lowest BCUT2D eigenvalue weighted by atomic mass is 10.1. The lowest BCUT2D eigenvalue weighted by Gasteiger charge is -2.20. The van der Waals surface area contributed by atoms with Crippen molar-refractivity contribution in [2.24, 2.45) is 0 Å². The van der Waals surface area contributed by atoms with Gasteiger partial charge in [-0.1, -0.05) is 0 Å². The topological polar surface area (TPSA) is 66.8 Å². The van der Waals surface area contributed by atoms with Gasteiger partial charge in [-0.3, -0.25) is 0 Å². The highest BCUT2D eigenvalue weighted by Crippen LogP contribution is 2.36. The van der Waals surface area contributed by atoms with Gasteiger partial charge < -0.3 is 14.9 Å². The molecule has 0 radical (unpaired) electrons. The van der Waals surface area contributed by atoms with Crippen LogP contribution in [-0.2, 0) is 4.74 Å². The van der Waals surface area contributed by atoms with Gasteiger partial charge in [0.05, 0.1) is 7.14 Å². The van der Waals surface area contributed by atoms with E-state index in [1.165, 1.54) is 6.07 Å². The van der Waals surface area contributed by atoms with E-state index < -0.39 is 11.6 Å². The molecule has 0 unspecified atom stereocenters. The summed E-state index contributed by atoms with van der Waals surface area (Å²) in [5, 5.41) is 19.4. The second kappa shape index (κ2) is 5.17. The first-order valence-electron chi connectivity index (χ1n) is 4.76. The number of hydrogen-bond acceptors (Lipinski definition) is 4. The van der Waals surface area contributed by atoms with Gasteiger partial charge in [-0.05, 0) is 72.0 Å². The Morgan fingerprint density at radius 3 is 2.24 bits per heavy atom. The summed E-state index contributed by atoms with van der Waals surface area (Å²) >= 11 is 3.67. The van der Waals surface area contributed by atoms with Gasteiger partial charge in [0, 0.05) is 0 Å². The van der Waals surface area contributed by atoms with Crippen LogP contribution in [0, 0.1) is 7.14 Å². The Morgan fingerprint density at radius 1 is 1.24 bits per heavy atom. The van der Waals surface area contributed by atoms with Crippen molar-refractivity contribution in [3.63, 3.8) is 0 Å². The Kier molecular flexibility index (Phi) is 4.50. The number of ether oxygens (including phenoxy) is 1. The molecule has 0 aliphatic heterocycles. The third-order valence-corrected chi connectivity index (χ3v) is 3.63. The summed E-state index contributed by atoms with van der Waals surface area (Å²) < 4.78 is 5.90. The third kappa shape index (κ3) is 3.60. The smallest absolute Gasteiger partial charge is 0.342 e. The van der Waals surface area contributed by atoms with E-state index in [1.807, 2.05) is 22.6 Å². The number of rotatable bonds is 1. The van der Waals surface area contributed by atoms with E-state index >= 15 is 0 Å². The molecule has 1 aromatic rings. The predicted molar refractivity (Wildman–Crippen MR) is 80.4 cm³/mol. The molecule has 4 nitrogen and oxygen atoms in total. The highest BCUT2D eigenvalue weighted by atomic mass is 127. The van der Waals surface area contributed by atoms with Crippen molar-refractivity contribution in [2.45, 2.75) is 26.4 Å². The molecule has 0 spiro atoms. The summed E-state index contributed by atoms with van der Waals surface area (Å²) in [7, 11) is 0. The number of carbonyl (C=O) groups is 1. The minimum Gasteiger partial charge on any atom is -0.506 e. The molecular weight excluding hydrogens is 450 g/mol. The molecule has 1 aromatic carbocycles. The van der Waals surface area contributed by atoms with Gasteiger partial charge in [-0.2, -0.15) is 0 Å². The van der Waals surface area contributed by atoms with Gasteiger partial charge >= 0.3 is 5.97 Å². The molecule has 0 amide bonds. The second-order valence-electron chi connectivity index (χ2n) is 4.42. The normalized spacial score (nSPS) is 11.4. The summed E-state index contributed by atoms with van der Waals surface area (Å²) in [5.41, 5.74) is -0.565. The van der Waals surface area contributed by atoms with Crippen LogP contribution in [0.1, 0.15) is 31.1 Å². The maximum absolute atomic E-state index is 11.8. The largest absolute Gasteiger partial charge is 0.506 e. The summed E-state index contributed by atoms with van der Waals surface area (Å²) in [4.78, 5) is 11.8. The van der Waals surface area contributed by atoms with E-state index in [0.717, 1.165) is 0 Å². The molecule has 0 bridgehead atoms. The molecule has 0 saturated carbocycles. The SMILES string of the molecule is CC(C)(C)OC(=O)c1cc(I)c(O)c(I)c1O. The predicted octanol–water partition coefficient (Wildman–Crippen LogP) is 3.26. The molecule has 0 aliphatic rings. The summed E-state index contributed by atoms with van der Waals surface area (Å²) in [5.74, 6) is -0.889. The summed E-state index contributed by atoms with van der Waals surface area (Å²) in [6.45, 7) is 5.24. The molecule has 17 heavy (non-hydrogen) atoms. The molecular formula is C11H12I2O4. The van der Waals surface area contributed by atoms with Crippen molar-refractivity contribution in [3.05, 3.63) is 18.8 Å². The average Bonchev–Trinajstić information content (AvgIpc) is 2.17. The lowest BCUT2D eigenvalue weighted by molar-refractivity contribution is 0.00666. The molecule has 0 saturated heterocycles. The first kappa shape index (κ1) is 14.8. The van der Waals surface area contributed by atoms with E-state index in [4.69, 9.17) is 4.74 Å². The fourth-order valence-electron chi connectivity index (χ4n) is 1.09. The highest BCUT2D eigenvalue weighted by Gasteiger charge is 2.24. The zero-order valence-electron chi connectivity index (χ0n) is 9.54. The molecule has 1 rings (SSSR count). The third-order valence-electron chi connectivity index (χ3n) is 1.79. The van der Waals surface area contributed by atoms with Crippen molar-refractivity contribution in [1.82, 2.24) is 0 Å². The van der Waals surface area contributed by atoms with Crippen LogP contribution in [0.5, 0.6) is 11.5 Å². The maximum atomic E-state index is 11.8. The van der Waals surface area contributed by atoms with Crippen molar-refractivity contribution in [3.8, 4) is 11.5 Å². The van der Waals surface area contributed by atoms with E-state index in [2.05, 4.69) is 0 Å². The first-order chi connectivity index (χ1) is 7.63. The number of carbonyl (C=O) groups excluding carboxylic acids is 1. The van der Waals surface area contributed by atoms with E-state index in [0.29, 0.717) is 3.57 Å². The van der Waals surface area contributed by atoms with Crippen molar-refractivity contribution in [2.75, 3.05) is 0 Å². The number of phenolic OH excluding ortho intramolecular Hbond substituents is 2. The van der Waals surface area contributed by atoms with Crippen LogP contribution in [0.25, 0.3) is 0 Å². The number of halogens is 2. The Hall–Kier alpha value is -0.250. The van der Waals surface area contributed by atoms with Gasteiger partial charge in [0.15, 0.2) is 0 Å². The first-order valence-corrected chi connectivity index (χ1v) is 6.92. The quantitative estimate of drug-likeness (QED) is 0.497. The van der Waals surface area contributed by atoms with E-state index in [1.54, 1.807) is 43.4 Å². The lowest BCUT2D eigenvalue weighted by Crippen LogP contribution is -2.24. The minimum atomic E-state index is -0.627. The van der Waals surface area contributed by atoms with Gasteiger partial charge in [0.1, 0.15) is 22.7 Å². The van der Waals surface area contributed by atoms with E-state index in [9.17, 15) is 15.0 Å². The molecule has 94 valence electrons. The number of hydrogen-bond donors (Lipinski definition) is 2. The number of phenols is 2. The fourth-order valence-corrected chi connectivity index (χ4v) is 2.77. The molecule has 0 aromatic heterocycles. The molecule has 0 heterocycles. The zero-order valence-corrected chi connectivity index (χ0v) is 13.9. The number of esters is 1. The molecule has 6 heteroatoms. The fraction of sp³-hybridized carbons (Fsp3) is 0.364. The van der Waals surface area contributed by atoms with Crippen LogP contribution in [-0.4, -0.2) is 21.8 Å². The van der Waals surface area contributed by atoms with Crippen LogP contribution in [0.15, 0.2) is 6.07 Å².